The van der Waals surface area contributed by atoms with Crippen molar-refractivity contribution in [3.63, 3.8) is 0 Å². The zero-order valence-corrected chi connectivity index (χ0v) is 18.3. The molecule has 4 rings (SSSR count). The molecular formula is C24H29BNO6+. The Bertz CT molecular complexity index is 986. The maximum absolute atomic E-state index is 12.7. The van der Waals surface area contributed by atoms with Crippen molar-refractivity contribution in [3.05, 3.63) is 64.7 Å². The molecule has 0 bridgehead atoms. The van der Waals surface area contributed by atoms with Gasteiger partial charge < -0.3 is 24.0 Å². The average Bonchev–Trinajstić information content (AvgIpc) is 2.75. The van der Waals surface area contributed by atoms with Crippen LogP contribution in [0.1, 0.15) is 33.5 Å². The molecule has 0 unspecified atom stereocenters. The second kappa shape index (κ2) is 9.44. The van der Waals surface area contributed by atoms with Crippen molar-refractivity contribution >= 4 is 18.9 Å². The van der Waals surface area contributed by atoms with E-state index in [1.165, 1.54) is 11.6 Å². The van der Waals surface area contributed by atoms with Crippen LogP contribution < -0.4 is 4.65 Å². The van der Waals surface area contributed by atoms with E-state index in [4.69, 9.17) is 9.39 Å². The van der Waals surface area contributed by atoms with E-state index >= 15 is 0 Å². The number of carboxylic acids is 1. The van der Waals surface area contributed by atoms with Gasteiger partial charge in [0.1, 0.15) is 31.2 Å². The maximum atomic E-state index is 12.7. The number of morpholine rings is 1. The average molecular weight is 438 g/mol. The van der Waals surface area contributed by atoms with Crippen LogP contribution >= 0.6 is 0 Å². The van der Waals surface area contributed by atoms with Crippen LogP contribution in [0.15, 0.2) is 42.5 Å². The molecule has 0 saturated carbocycles. The van der Waals surface area contributed by atoms with Crippen molar-refractivity contribution in [3.8, 4) is 5.75 Å². The lowest BCUT2D eigenvalue weighted by Gasteiger charge is -2.37. The van der Waals surface area contributed by atoms with Gasteiger partial charge in [-0.05, 0) is 23.6 Å². The van der Waals surface area contributed by atoms with Gasteiger partial charge in [0, 0.05) is 24.2 Å². The molecule has 1 fully saturated rings. The Labute approximate surface area is 188 Å². The van der Waals surface area contributed by atoms with E-state index in [-0.39, 0.29) is 23.5 Å². The molecule has 2 aliphatic rings. The summed E-state index contributed by atoms with van der Waals surface area (Å²) in [6, 6.07) is 13.1. The third-order valence-electron chi connectivity index (χ3n) is 6.48. The largest absolute Gasteiger partial charge is 0.535 e. The van der Waals surface area contributed by atoms with Crippen molar-refractivity contribution in [1.29, 1.82) is 0 Å². The summed E-state index contributed by atoms with van der Waals surface area (Å²) in [6.45, 7) is 4.54. The molecule has 0 aromatic heterocycles. The van der Waals surface area contributed by atoms with Gasteiger partial charge in [-0.2, -0.15) is 0 Å². The van der Waals surface area contributed by atoms with Gasteiger partial charge >= 0.3 is 13.1 Å². The first-order chi connectivity index (χ1) is 15.3. The van der Waals surface area contributed by atoms with Crippen LogP contribution in [-0.2, 0) is 28.9 Å². The van der Waals surface area contributed by atoms with E-state index in [2.05, 4.69) is 19.2 Å². The molecule has 1 atom stereocenters. The lowest BCUT2D eigenvalue weighted by molar-refractivity contribution is -0.929. The summed E-state index contributed by atoms with van der Waals surface area (Å²) < 4.78 is 11.9. The number of likely N-dealkylation sites (N-methyl/N-ethyl adjacent to an activating group) is 1. The number of carboxylic acid groups (broad SMARTS) is 1. The summed E-state index contributed by atoms with van der Waals surface area (Å²) in [5.41, 5.74) is 2.92. The zero-order chi connectivity index (χ0) is 22.7. The standard InChI is InChI=1S/C24H28BNO6/c1-26(9-11-31-12-10-26)16-18-7-5-17(6-8-18)13-21(27)15-20-14-19-3-2-4-22(24(28)29)23(19)32-25(20)30/h2-8,20,30H,9-16H2,1H3/p+1/t20-/m1/s1. The minimum absolute atomic E-state index is 0.0235. The molecule has 2 aromatic rings. The number of ether oxygens (including phenoxy) is 1. The van der Waals surface area contributed by atoms with Crippen LogP contribution in [-0.4, -0.2) is 66.8 Å². The Balaban J connectivity index is 1.34. The van der Waals surface area contributed by atoms with Gasteiger partial charge in [-0.3, -0.25) is 4.79 Å². The van der Waals surface area contributed by atoms with Crippen molar-refractivity contribution < 1.29 is 33.6 Å². The van der Waals surface area contributed by atoms with Crippen LogP contribution in [0.25, 0.3) is 0 Å². The van der Waals surface area contributed by atoms with Gasteiger partial charge in [-0.15, -0.1) is 0 Å². The number of Topliss-reactive ketones (excluding diaryl/α,β-unsaturated/α-hetero) is 1. The molecule has 2 heterocycles. The van der Waals surface area contributed by atoms with Gasteiger partial charge in [0.15, 0.2) is 0 Å². The van der Waals surface area contributed by atoms with Crippen LogP contribution in [0.4, 0.5) is 0 Å². The molecule has 2 N–H and O–H groups in total. The van der Waals surface area contributed by atoms with Gasteiger partial charge in [-0.1, -0.05) is 36.4 Å². The predicted octanol–water partition coefficient (Wildman–Crippen LogP) is 2.35. The van der Waals surface area contributed by atoms with Gasteiger partial charge in [-0.25, -0.2) is 4.79 Å². The van der Waals surface area contributed by atoms with Gasteiger partial charge in [0.05, 0.1) is 25.8 Å². The Morgan fingerprint density at radius 2 is 1.78 bits per heavy atom. The first-order valence-electron chi connectivity index (χ1n) is 11.0. The summed E-state index contributed by atoms with van der Waals surface area (Å²) >= 11 is 0. The molecule has 32 heavy (non-hydrogen) atoms. The number of aromatic carboxylic acids is 1. The highest BCUT2D eigenvalue weighted by molar-refractivity contribution is 6.47. The summed E-state index contributed by atoms with van der Waals surface area (Å²) in [4.78, 5) is 24.1. The molecule has 168 valence electrons. The van der Waals surface area contributed by atoms with E-state index in [0.29, 0.717) is 18.4 Å². The number of quaternary nitrogens is 1. The Morgan fingerprint density at radius 3 is 2.47 bits per heavy atom. The second-order valence-corrected chi connectivity index (χ2v) is 9.14. The summed E-state index contributed by atoms with van der Waals surface area (Å²) in [6.07, 6.45) is 0.878. The van der Waals surface area contributed by atoms with Crippen molar-refractivity contribution in [2.75, 3.05) is 33.4 Å². The number of carbonyl (C=O) groups excluding carboxylic acids is 1. The highest BCUT2D eigenvalue weighted by Crippen LogP contribution is 2.36. The van der Waals surface area contributed by atoms with Crippen LogP contribution in [0, 0.1) is 0 Å². The lowest BCUT2D eigenvalue weighted by atomic mass is 9.64. The number of hydrogen-bond donors (Lipinski definition) is 2. The van der Waals surface area contributed by atoms with E-state index in [9.17, 15) is 19.7 Å². The van der Waals surface area contributed by atoms with E-state index in [1.807, 2.05) is 12.1 Å². The van der Waals surface area contributed by atoms with Gasteiger partial charge in [0.25, 0.3) is 0 Å². The fourth-order valence-electron chi connectivity index (χ4n) is 4.56. The van der Waals surface area contributed by atoms with Crippen molar-refractivity contribution in [1.82, 2.24) is 0 Å². The topological polar surface area (TPSA) is 93.1 Å². The number of fused-ring (bicyclic) bond motifs is 1. The predicted molar refractivity (Wildman–Crippen MR) is 120 cm³/mol. The van der Waals surface area contributed by atoms with Crippen molar-refractivity contribution in [2.45, 2.75) is 31.6 Å². The summed E-state index contributed by atoms with van der Waals surface area (Å²) in [7, 11) is 1.04. The molecule has 0 spiro atoms. The number of para-hydroxylation sites is 1. The third-order valence-corrected chi connectivity index (χ3v) is 6.48. The zero-order valence-electron chi connectivity index (χ0n) is 18.3. The Hall–Kier alpha value is -2.68. The number of nitrogens with zero attached hydrogens (tertiary/aromatic N) is 1. The smallest absolute Gasteiger partial charge is 0.526 e. The molecule has 0 amide bonds. The first kappa shape index (κ1) is 22.5. The Kier molecular flexibility index (Phi) is 6.64. The highest BCUT2D eigenvalue weighted by Gasteiger charge is 2.37. The Morgan fingerprint density at radius 1 is 1.09 bits per heavy atom. The first-order valence-corrected chi connectivity index (χ1v) is 11.0. The van der Waals surface area contributed by atoms with E-state index < -0.39 is 18.9 Å². The number of carbonyl (C=O) groups is 2. The minimum atomic E-state index is -1.20. The number of hydrogen-bond acceptors (Lipinski definition) is 5. The second-order valence-electron chi connectivity index (χ2n) is 9.14. The van der Waals surface area contributed by atoms with Gasteiger partial charge in [0.2, 0.25) is 0 Å². The third kappa shape index (κ3) is 5.20. The summed E-state index contributed by atoms with van der Waals surface area (Å²) in [5, 5.41) is 19.7. The number of ketones is 1. The molecule has 8 heteroatoms. The molecule has 2 aliphatic heterocycles. The normalized spacial score (nSPS) is 19.7. The van der Waals surface area contributed by atoms with Crippen LogP contribution in [0.3, 0.4) is 0 Å². The minimum Gasteiger partial charge on any atom is -0.535 e. The number of benzene rings is 2. The van der Waals surface area contributed by atoms with Crippen molar-refractivity contribution in [2.24, 2.45) is 0 Å². The molecule has 2 aromatic carbocycles. The lowest BCUT2D eigenvalue weighted by Crippen LogP contribution is -2.51. The fraction of sp³-hybridized carbons (Fsp3) is 0.417. The fourth-order valence-corrected chi connectivity index (χ4v) is 4.56. The highest BCUT2D eigenvalue weighted by atomic mass is 16.5. The van der Waals surface area contributed by atoms with Crippen LogP contribution in [0.5, 0.6) is 5.75 Å². The summed E-state index contributed by atoms with van der Waals surface area (Å²) in [5.74, 6) is -1.28. The SMILES string of the molecule is C[N+]1(Cc2ccc(CC(=O)C[C@H]3Cc4cccc(C(=O)O)c4OB3O)cc2)CCOCC1. The quantitative estimate of drug-likeness (QED) is 0.509. The molecular weight excluding hydrogens is 409 g/mol. The van der Waals surface area contributed by atoms with E-state index in [0.717, 1.165) is 42.9 Å². The monoisotopic (exact) mass is 438 g/mol. The van der Waals surface area contributed by atoms with Crippen LogP contribution in [0.2, 0.25) is 5.82 Å². The molecule has 0 aliphatic carbocycles. The maximum Gasteiger partial charge on any atom is 0.526 e. The molecule has 7 nitrogen and oxygen atoms in total. The molecule has 1 saturated heterocycles. The number of rotatable bonds is 7. The molecule has 0 radical (unpaired) electrons. The van der Waals surface area contributed by atoms with E-state index in [1.54, 1.807) is 12.1 Å².